The SMILES string of the molecule is C[C@H](NC(=O)c1cc2ccccc2o1)[C@H]1C[C@H]2CC[C@H]1C2. The van der Waals surface area contributed by atoms with Crippen LogP contribution in [0, 0.1) is 17.8 Å². The molecular formula is C18H21NO2. The zero-order valence-corrected chi connectivity index (χ0v) is 12.3. The van der Waals surface area contributed by atoms with Crippen molar-refractivity contribution in [2.45, 2.75) is 38.6 Å². The van der Waals surface area contributed by atoms with E-state index >= 15 is 0 Å². The van der Waals surface area contributed by atoms with Crippen molar-refractivity contribution in [1.29, 1.82) is 0 Å². The molecule has 0 aliphatic heterocycles. The van der Waals surface area contributed by atoms with Gasteiger partial charge in [0.15, 0.2) is 5.76 Å². The maximum absolute atomic E-state index is 12.4. The van der Waals surface area contributed by atoms with Gasteiger partial charge >= 0.3 is 0 Å². The number of nitrogens with one attached hydrogen (secondary N) is 1. The molecule has 4 atom stereocenters. The molecule has 0 unspecified atom stereocenters. The van der Waals surface area contributed by atoms with E-state index in [1.807, 2.05) is 30.3 Å². The van der Waals surface area contributed by atoms with E-state index in [-0.39, 0.29) is 11.9 Å². The highest BCUT2D eigenvalue weighted by molar-refractivity contribution is 5.96. The number of carbonyl (C=O) groups is 1. The van der Waals surface area contributed by atoms with Crippen LogP contribution in [0.15, 0.2) is 34.7 Å². The van der Waals surface area contributed by atoms with Gasteiger partial charge < -0.3 is 9.73 Å². The quantitative estimate of drug-likeness (QED) is 0.925. The lowest BCUT2D eigenvalue weighted by Crippen LogP contribution is -2.39. The predicted molar refractivity (Wildman–Crippen MR) is 82.1 cm³/mol. The molecule has 0 spiro atoms. The largest absolute Gasteiger partial charge is 0.451 e. The van der Waals surface area contributed by atoms with Gasteiger partial charge in [-0.3, -0.25) is 4.79 Å². The number of rotatable bonds is 3. The van der Waals surface area contributed by atoms with E-state index in [1.165, 1.54) is 25.7 Å². The molecule has 2 bridgehead atoms. The standard InChI is InChI=1S/C18H21NO2/c1-11(15-9-12-6-7-13(15)8-12)19-18(20)17-10-14-4-2-3-5-16(14)21-17/h2-5,10-13,15H,6-9H2,1H3,(H,19,20)/t11-,12-,13-,15+/m0/s1. The van der Waals surface area contributed by atoms with Crippen LogP contribution < -0.4 is 5.32 Å². The van der Waals surface area contributed by atoms with E-state index in [0.717, 1.165) is 22.8 Å². The molecule has 21 heavy (non-hydrogen) atoms. The molecule has 0 radical (unpaired) electrons. The third-order valence-corrected chi connectivity index (χ3v) is 5.44. The van der Waals surface area contributed by atoms with Crippen LogP contribution in [0.4, 0.5) is 0 Å². The molecule has 2 saturated carbocycles. The topological polar surface area (TPSA) is 42.2 Å². The van der Waals surface area contributed by atoms with Crippen LogP contribution in [-0.4, -0.2) is 11.9 Å². The minimum absolute atomic E-state index is 0.0820. The van der Waals surface area contributed by atoms with Crippen molar-refractivity contribution in [1.82, 2.24) is 5.32 Å². The second-order valence-corrected chi connectivity index (χ2v) is 6.75. The Morgan fingerprint density at radius 3 is 2.86 bits per heavy atom. The summed E-state index contributed by atoms with van der Waals surface area (Å²) in [5.41, 5.74) is 0.773. The van der Waals surface area contributed by atoms with Gasteiger partial charge in [-0.15, -0.1) is 0 Å². The van der Waals surface area contributed by atoms with Gasteiger partial charge in [0.2, 0.25) is 0 Å². The van der Waals surface area contributed by atoms with E-state index < -0.39 is 0 Å². The molecule has 0 saturated heterocycles. The Morgan fingerprint density at radius 2 is 2.14 bits per heavy atom. The number of fused-ring (bicyclic) bond motifs is 3. The normalized spacial score (nSPS) is 28.9. The second kappa shape index (κ2) is 4.90. The van der Waals surface area contributed by atoms with Crippen LogP contribution in [0.3, 0.4) is 0 Å². The summed E-state index contributed by atoms with van der Waals surface area (Å²) in [6, 6.07) is 9.81. The molecule has 2 aromatic rings. The third kappa shape index (κ3) is 2.25. The van der Waals surface area contributed by atoms with Gasteiger partial charge in [-0.1, -0.05) is 24.6 Å². The van der Waals surface area contributed by atoms with E-state index in [4.69, 9.17) is 4.42 Å². The Balaban J connectivity index is 1.47. The number of amides is 1. The molecule has 110 valence electrons. The Hall–Kier alpha value is -1.77. The molecule has 1 aromatic carbocycles. The first-order valence-electron chi connectivity index (χ1n) is 8.00. The van der Waals surface area contributed by atoms with Gasteiger partial charge in [0.1, 0.15) is 5.58 Å². The summed E-state index contributed by atoms with van der Waals surface area (Å²) < 4.78 is 5.64. The van der Waals surface area contributed by atoms with Crippen LogP contribution >= 0.6 is 0 Å². The summed E-state index contributed by atoms with van der Waals surface area (Å²) >= 11 is 0. The van der Waals surface area contributed by atoms with Crippen LogP contribution in [0.5, 0.6) is 0 Å². The molecular weight excluding hydrogens is 262 g/mol. The zero-order chi connectivity index (χ0) is 14.4. The molecule has 2 aliphatic carbocycles. The van der Waals surface area contributed by atoms with E-state index in [1.54, 1.807) is 0 Å². The van der Waals surface area contributed by atoms with E-state index in [9.17, 15) is 4.79 Å². The fraction of sp³-hybridized carbons (Fsp3) is 0.500. The number of para-hydroxylation sites is 1. The number of hydrogen-bond acceptors (Lipinski definition) is 2. The van der Waals surface area contributed by atoms with Crippen molar-refractivity contribution in [2.24, 2.45) is 17.8 Å². The first-order chi connectivity index (χ1) is 10.2. The summed E-state index contributed by atoms with van der Waals surface area (Å²) in [5, 5.41) is 4.13. The summed E-state index contributed by atoms with van der Waals surface area (Å²) in [6.45, 7) is 2.14. The number of benzene rings is 1. The van der Waals surface area contributed by atoms with Crippen molar-refractivity contribution >= 4 is 16.9 Å². The van der Waals surface area contributed by atoms with Crippen LogP contribution in [0.2, 0.25) is 0 Å². The second-order valence-electron chi connectivity index (χ2n) is 6.75. The fourth-order valence-electron chi connectivity index (χ4n) is 4.39. The summed E-state index contributed by atoms with van der Waals surface area (Å²) in [7, 11) is 0. The molecule has 1 amide bonds. The first kappa shape index (κ1) is 12.9. The lowest BCUT2D eigenvalue weighted by Gasteiger charge is -2.28. The molecule has 2 aliphatic rings. The highest BCUT2D eigenvalue weighted by atomic mass is 16.3. The molecule has 3 heteroatoms. The smallest absolute Gasteiger partial charge is 0.287 e. The van der Waals surface area contributed by atoms with Crippen molar-refractivity contribution in [3.8, 4) is 0 Å². The molecule has 2 fully saturated rings. The van der Waals surface area contributed by atoms with Crippen molar-refractivity contribution in [3.63, 3.8) is 0 Å². The number of hydrogen-bond donors (Lipinski definition) is 1. The van der Waals surface area contributed by atoms with Crippen molar-refractivity contribution < 1.29 is 9.21 Å². The fourth-order valence-corrected chi connectivity index (χ4v) is 4.39. The van der Waals surface area contributed by atoms with Gasteiger partial charge in [0, 0.05) is 11.4 Å². The van der Waals surface area contributed by atoms with Gasteiger partial charge in [-0.25, -0.2) is 0 Å². The van der Waals surface area contributed by atoms with Gasteiger partial charge in [-0.05, 0) is 56.1 Å². The Bertz CT molecular complexity index is 642. The molecule has 3 nitrogen and oxygen atoms in total. The van der Waals surface area contributed by atoms with E-state index in [0.29, 0.717) is 11.7 Å². The van der Waals surface area contributed by atoms with Gasteiger partial charge in [0.25, 0.3) is 5.91 Å². The molecule has 4 rings (SSSR count). The van der Waals surface area contributed by atoms with Crippen LogP contribution in [0.25, 0.3) is 11.0 Å². The molecule has 1 aromatic heterocycles. The number of furan rings is 1. The maximum atomic E-state index is 12.4. The van der Waals surface area contributed by atoms with Gasteiger partial charge in [-0.2, -0.15) is 0 Å². The van der Waals surface area contributed by atoms with E-state index in [2.05, 4.69) is 12.2 Å². The first-order valence-corrected chi connectivity index (χ1v) is 8.00. The monoisotopic (exact) mass is 283 g/mol. The molecule has 1 N–H and O–H groups in total. The predicted octanol–water partition coefficient (Wildman–Crippen LogP) is 3.99. The summed E-state index contributed by atoms with van der Waals surface area (Å²) in [6.07, 6.45) is 5.40. The van der Waals surface area contributed by atoms with Gasteiger partial charge in [0.05, 0.1) is 0 Å². The Labute approximate surface area is 124 Å². The Morgan fingerprint density at radius 1 is 1.29 bits per heavy atom. The zero-order valence-electron chi connectivity index (χ0n) is 12.3. The lowest BCUT2D eigenvalue weighted by molar-refractivity contribution is 0.0889. The lowest BCUT2D eigenvalue weighted by atomic mass is 9.84. The summed E-state index contributed by atoms with van der Waals surface area (Å²) in [5.74, 6) is 2.72. The highest BCUT2D eigenvalue weighted by Crippen LogP contribution is 2.49. The average molecular weight is 283 g/mol. The van der Waals surface area contributed by atoms with Crippen LogP contribution in [0.1, 0.15) is 43.2 Å². The summed E-state index contributed by atoms with van der Waals surface area (Å²) in [4.78, 5) is 12.4. The van der Waals surface area contributed by atoms with Crippen molar-refractivity contribution in [3.05, 3.63) is 36.1 Å². The minimum atomic E-state index is -0.0820. The highest BCUT2D eigenvalue weighted by Gasteiger charge is 2.42. The maximum Gasteiger partial charge on any atom is 0.287 e. The molecule has 1 heterocycles. The average Bonchev–Trinajstić information content (AvgIpc) is 3.21. The number of carbonyl (C=O) groups excluding carboxylic acids is 1. The minimum Gasteiger partial charge on any atom is -0.451 e. The van der Waals surface area contributed by atoms with Crippen molar-refractivity contribution in [2.75, 3.05) is 0 Å². The third-order valence-electron chi connectivity index (χ3n) is 5.44. The Kier molecular flexibility index (Phi) is 3.02. The van der Waals surface area contributed by atoms with Crippen LogP contribution in [-0.2, 0) is 0 Å².